The molecule has 0 saturated heterocycles. The molecule has 1 heterocycles. The van der Waals surface area contributed by atoms with E-state index in [0.29, 0.717) is 0 Å². The monoisotopic (exact) mass is 715 g/mol. The van der Waals surface area contributed by atoms with Crippen LogP contribution >= 0.6 is 0 Å². The van der Waals surface area contributed by atoms with Gasteiger partial charge in [-0.25, -0.2) is 0 Å². The third-order valence-electron chi connectivity index (χ3n) is 10.7. The number of para-hydroxylation sites is 2. The molecule has 0 aliphatic heterocycles. The molecule has 10 rings (SSSR count). The van der Waals surface area contributed by atoms with Gasteiger partial charge in [-0.2, -0.15) is 0 Å². The van der Waals surface area contributed by atoms with E-state index in [1.807, 2.05) is 12.1 Å². The van der Waals surface area contributed by atoms with E-state index in [1.165, 1.54) is 49.7 Å². The number of furan rings is 1. The van der Waals surface area contributed by atoms with Crippen molar-refractivity contribution in [1.82, 2.24) is 0 Å². The summed E-state index contributed by atoms with van der Waals surface area (Å²) in [7, 11) is 0. The molecule has 264 valence electrons. The second kappa shape index (κ2) is 14.4. The zero-order valence-electron chi connectivity index (χ0n) is 30.7. The van der Waals surface area contributed by atoms with E-state index >= 15 is 0 Å². The highest BCUT2D eigenvalue weighted by Crippen LogP contribution is 2.43. The van der Waals surface area contributed by atoms with E-state index in [9.17, 15) is 0 Å². The fourth-order valence-electron chi connectivity index (χ4n) is 7.78. The van der Waals surface area contributed by atoms with Crippen LogP contribution in [-0.4, -0.2) is 0 Å². The molecular formula is C54H37NO. The summed E-state index contributed by atoms with van der Waals surface area (Å²) in [5.74, 6) is 0.836. The summed E-state index contributed by atoms with van der Waals surface area (Å²) >= 11 is 0. The molecule has 56 heavy (non-hydrogen) atoms. The van der Waals surface area contributed by atoms with Gasteiger partial charge in [-0.3, -0.25) is 0 Å². The molecule has 0 bridgehead atoms. The first-order valence-electron chi connectivity index (χ1n) is 19.1. The quantitative estimate of drug-likeness (QED) is 0.156. The van der Waals surface area contributed by atoms with Crippen molar-refractivity contribution < 1.29 is 4.42 Å². The Bertz CT molecular complexity index is 2850. The fraction of sp³-hybridized carbons (Fsp3) is 0. The highest BCUT2D eigenvalue weighted by atomic mass is 16.3. The van der Waals surface area contributed by atoms with E-state index in [-0.39, 0.29) is 0 Å². The summed E-state index contributed by atoms with van der Waals surface area (Å²) in [5, 5.41) is 3.56. The molecule has 2 heteroatoms. The van der Waals surface area contributed by atoms with Crippen molar-refractivity contribution in [2.45, 2.75) is 0 Å². The van der Waals surface area contributed by atoms with Gasteiger partial charge in [0.15, 0.2) is 0 Å². The number of benzene rings is 9. The summed E-state index contributed by atoms with van der Waals surface area (Å²) in [6.45, 7) is 0. The third kappa shape index (κ3) is 6.44. The van der Waals surface area contributed by atoms with Crippen molar-refractivity contribution in [3.05, 3.63) is 224 Å². The standard InChI is InChI=1S/C54H37NO/c1-3-13-38(14-4-1)46-34-47(39-15-5-2-6-16-39)36-48(35-46)42-27-31-50(32-28-42)55(52-21-11-10-20-51(52)54-37-45-19-9-12-22-53(45)56-54)49-29-25-41(26-30-49)44-24-23-40-17-7-8-18-43(40)33-44/h1-37H. The van der Waals surface area contributed by atoms with E-state index in [0.717, 1.165) is 44.9 Å². The van der Waals surface area contributed by atoms with Crippen LogP contribution in [0.15, 0.2) is 229 Å². The second-order valence-corrected chi connectivity index (χ2v) is 14.2. The molecule has 1 aromatic heterocycles. The predicted octanol–water partition coefficient (Wildman–Crippen LogP) is 15.4. The summed E-state index contributed by atoms with van der Waals surface area (Å²) in [5.41, 5.74) is 14.5. The first-order chi connectivity index (χ1) is 27.7. The Morgan fingerprint density at radius 3 is 1.36 bits per heavy atom. The molecule has 0 spiro atoms. The summed E-state index contributed by atoms with van der Waals surface area (Å²) < 4.78 is 6.47. The summed E-state index contributed by atoms with van der Waals surface area (Å²) in [6.07, 6.45) is 0. The van der Waals surface area contributed by atoms with Crippen LogP contribution in [0, 0.1) is 0 Å². The smallest absolute Gasteiger partial charge is 0.137 e. The first kappa shape index (κ1) is 33.2. The molecule has 0 fully saturated rings. The zero-order chi connectivity index (χ0) is 37.3. The molecule has 10 aromatic rings. The topological polar surface area (TPSA) is 16.4 Å². The van der Waals surface area contributed by atoms with E-state index < -0.39 is 0 Å². The van der Waals surface area contributed by atoms with Crippen LogP contribution in [0.2, 0.25) is 0 Å². The molecule has 0 amide bonds. The van der Waals surface area contributed by atoms with Gasteiger partial charge in [0.05, 0.1) is 5.69 Å². The number of rotatable bonds is 8. The fourth-order valence-corrected chi connectivity index (χ4v) is 7.78. The van der Waals surface area contributed by atoms with Crippen molar-refractivity contribution in [2.24, 2.45) is 0 Å². The van der Waals surface area contributed by atoms with Gasteiger partial charge >= 0.3 is 0 Å². The van der Waals surface area contributed by atoms with Crippen molar-refractivity contribution >= 4 is 38.8 Å². The Morgan fingerprint density at radius 1 is 0.286 bits per heavy atom. The van der Waals surface area contributed by atoms with Crippen molar-refractivity contribution in [2.75, 3.05) is 4.90 Å². The van der Waals surface area contributed by atoms with Gasteiger partial charge in [-0.1, -0.05) is 152 Å². The van der Waals surface area contributed by atoms with Crippen LogP contribution < -0.4 is 4.90 Å². The van der Waals surface area contributed by atoms with Gasteiger partial charge in [0, 0.05) is 22.3 Å². The Morgan fingerprint density at radius 2 is 0.750 bits per heavy atom. The zero-order valence-corrected chi connectivity index (χ0v) is 30.7. The Balaban J connectivity index is 1.08. The van der Waals surface area contributed by atoms with Gasteiger partial charge in [0.2, 0.25) is 0 Å². The number of nitrogens with zero attached hydrogens (tertiary/aromatic N) is 1. The van der Waals surface area contributed by atoms with Crippen LogP contribution in [0.1, 0.15) is 0 Å². The minimum absolute atomic E-state index is 0.836. The summed E-state index contributed by atoms with van der Waals surface area (Å²) in [6, 6.07) is 80.1. The van der Waals surface area contributed by atoms with Crippen LogP contribution in [0.3, 0.4) is 0 Å². The molecule has 0 radical (unpaired) electrons. The Labute approximate surface area is 327 Å². The largest absolute Gasteiger partial charge is 0.456 e. The first-order valence-corrected chi connectivity index (χ1v) is 19.1. The normalized spacial score (nSPS) is 11.2. The molecule has 2 nitrogen and oxygen atoms in total. The van der Waals surface area contributed by atoms with E-state index in [1.54, 1.807) is 0 Å². The predicted molar refractivity (Wildman–Crippen MR) is 236 cm³/mol. The third-order valence-corrected chi connectivity index (χ3v) is 10.7. The molecule has 0 aliphatic carbocycles. The lowest BCUT2D eigenvalue weighted by Gasteiger charge is -2.27. The number of anilines is 3. The van der Waals surface area contributed by atoms with Gasteiger partial charge in [0.1, 0.15) is 11.3 Å². The minimum Gasteiger partial charge on any atom is -0.456 e. The van der Waals surface area contributed by atoms with Crippen LogP contribution in [0.5, 0.6) is 0 Å². The average Bonchev–Trinajstić information content (AvgIpc) is 3.72. The Kier molecular flexibility index (Phi) is 8.55. The maximum Gasteiger partial charge on any atom is 0.137 e. The summed E-state index contributed by atoms with van der Waals surface area (Å²) in [4.78, 5) is 2.34. The highest BCUT2D eigenvalue weighted by Gasteiger charge is 2.20. The van der Waals surface area contributed by atoms with Crippen LogP contribution in [0.4, 0.5) is 17.1 Å². The number of hydrogen-bond donors (Lipinski definition) is 0. The average molecular weight is 716 g/mol. The molecular weight excluding hydrogens is 679 g/mol. The van der Waals surface area contributed by atoms with Crippen molar-refractivity contribution in [1.29, 1.82) is 0 Å². The number of hydrogen-bond acceptors (Lipinski definition) is 2. The maximum absolute atomic E-state index is 6.47. The molecule has 9 aromatic carbocycles. The second-order valence-electron chi connectivity index (χ2n) is 14.2. The van der Waals surface area contributed by atoms with Crippen LogP contribution in [-0.2, 0) is 0 Å². The maximum atomic E-state index is 6.47. The van der Waals surface area contributed by atoms with E-state index in [2.05, 4.69) is 217 Å². The lowest BCUT2D eigenvalue weighted by Crippen LogP contribution is -2.11. The lowest BCUT2D eigenvalue weighted by molar-refractivity contribution is 0.631. The highest BCUT2D eigenvalue weighted by molar-refractivity contribution is 5.92. The molecule has 0 atom stereocenters. The molecule has 0 aliphatic rings. The number of fused-ring (bicyclic) bond motifs is 2. The Hall–Kier alpha value is -7.42. The van der Waals surface area contributed by atoms with Crippen LogP contribution in [0.25, 0.3) is 77.6 Å². The molecule has 0 saturated carbocycles. The van der Waals surface area contributed by atoms with Gasteiger partial charge < -0.3 is 9.32 Å². The van der Waals surface area contributed by atoms with E-state index in [4.69, 9.17) is 4.42 Å². The van der Waals surface area contributed by atoms with Crippen molar-refractivity contribution in [3.63, 3.8) is 0 Å². The molecule has 0 unspecified atom stereocenters. The lowest BCUT2D eigenvalue weighted by atomic mass is 9.93. The molecule has 0 N–H and O–H groups in total. The minimum atomic E-state index is 0.836. The van der Waals surface area contributed by atoms with Gasteiger partial charge in [-0.05, 0) is 128 Å². The van der Waals surface area contributed by atoms with Crippen molar-refractivity contribution in [3.8, 4) is 55.8 Å². The van der Waals surface area contributed by atoms with Gasteiger partial charge in [0.25, 0.3) is 0 Å². The van der Waals surface area contributed by atoms with Gasteiger partial charge in [-0.15, -0.1) is 0 Å². The SMILES string of the molecule is c1ccc(-c2cc(-c3ccccc3)cc(-c3ccc(N(c4ccc(-c5ccc6ccccc6c5)cc4)c4ccccc4-c4cc5ccccc5o4)cc3)c2)cc1.